The Bertz CT molecular complexity index is 7160. The topological polar surface area (TPSA) is 38.1 Å². The first kappa shape index (κ1) is 64.2. The summed E-state index contributed by atoms with van der Waals surface area (Å²) in [5.74, 6) is 3.69. The highest BCUT2D eigenvalue weighted by molar-refractivity contribution is 7.26. The molecule has 0 saturated heterocycles. The number of benzene rings is 18. The Morgan fingerprint density at radius 2 is 0.643 bits per heavy atom. The third-order valence-electron chi connectivity index (χ3n) is 23.9. The molecule has 524 valence electrons. The van der Waals surface area contributed by atoms with Crippen LogP contribution in [-0.2, 0) is 0 Å². The second-order valence-corrected chi connectivity index (χ2v) is 37.9. The molecule has 6 heterocycles. The molecule has 0 atom stereocenters. The van der Waals surface area contributed by atoms with Crippen LogP contribution in [0.3, 0.4) is 0 Å². The van der Waals surface area contributed by atoms with E-state index < -0.39 is 16.1 Å². The number of hydrogen-bond donors (Lipinski definition) is 0. The number of para-hydroxylation sites is 5. The summed E-state index contributed by atoms with van der Waals surface area (Å²) in [6.07, 6.45) is 0. The highest BCUT2D eigenvalue weighted by Gasteiger charge is 2.56. The van der Waals surface area contributed by atoms with E-state index in [1.807, 2.05) is 17.4 Å². The zero-order valence-electron chi connectivity index (χ0n) is 60.6. The van der Waals surface area contributed by atoms with Gasteiger partial charge in [-0.3, -0.25) is 0 Å². The molecular weight excluding hydrogens is 1410 g/mol. The number of ether oxygens (including phenoxy) is 2. The molecule has 2 spiro atoms. The van der Waals surface area contributed by atoms with Crippen LogP contribution in [0.25, 0.3) is 108 Å². The van der Waals surface area contributed by atoms with Gasteiger partial charge in [0.15, 0.2) is 27.6 Å². The first-order valence-electron chi connectivity index (χ1n) is 38.3. The molecule has 20 aromatic rings. The van der Waals surface area contributed by atoms with Crippen LogP contribution in [0, 0.1) is 0 Å². The van der Waals surface area contributed by atoms with E-state index >= 15 is 0 Å². The molecule has 0 N–H and O–H groups in total. The van der Waals surface area contributed by atoms with Crippen molar-refractivity contribution in [3.05, 3.63) is 400 Å². The first-order chi connectivity index (χ1) is 55.6. The summed E-state index contributed by atoms with van der Waals surface area (Å²) in [5.41, 5.74) is 18.1. The van der Waals surface area contributed by atoms with Gasteiger partial charge in [-0.2, -0.15) is 0 Å². The lowest BCUT2D eigenvalue weighted by atomic mass is 10.00. The van der Waals surface area contributed by atoms with Crippen molar-refractivity contribution in [2.24, 2.45) is 0 Å². The van der Waals surface area contributed by atoms with Crippen LogP contribution in [0.4, 0.5) is 34.1 Å². The molecule has 2 aromatic heterocycles. The maximum Gasteiger partial charge on any atom is 0.189 e. The van der Waals surface area contributed by atoms with Crippen LogP contribution >= 0.6 is 11.3 Å². The Balaban J connectivity index is 0.000000134. The number of anilines is 6. The molecule has 0 saturated carbocycles. The van der Waals surface area contributed by atoms with Crippen molar-refractivity contribution in [2.75, 3.05) is 9.80 Å². The molecule has 0 aliphatic carbocycles. The third kappa shape index (κ3) is 9.47. The number of nitrogens with zero attached hydrogens (tertiary/aromatic N) is 2. The average molecular weight is 1480 g/mol. The van der Waals surface area contributed by atoms with Crippen LogP contribution < -0.4 is 60.8 Å². The SMILES string of the molecule is c1ccc(-c2ccc(-c3ccc(N(c4cccc5c4Oc4ccccc4[Si]54c5ccccc5-c5ccccc54)c4cccc5oc6ccccc6c45)cc3)cc2)cc1.c1ccc2c(c1)Oc1c(N(c3ccc4c(ccc5ccccc54)c3)c3cccc4c3sc3ccccc34)cccc1[Si]21c2ccccc2-c2ccccc21. The molecule has 0 bridgehead atoms. The smallest absolute Gasteiger partial charge is 0.189 e. The molecule has 0 amide bonds. The number of thiophene rings is 1. The standard InChI is InChI=1S/C54H35NO2Si.C50H31NOSSi/c1-2-14-36(15-3-1)37-28-30-38(31-29-37)39-32-34-40(35-33-39)55(44-19-12-23-48-53(44)43-18-4-7-21-46(43)56-48)45-20-13-27-52-54(45)57-47-22-8-11-26-51(47)58(52)49-24-9-5-16-41(49)42-17-6-10-25-50(42)58;1-2-14-35-32(13-1)27-28-33-31-34(29-30-36(33)35)51(42-20-11-18-40-37-15-3-7-22-44(37)53-50(40)42)41-19-12-26-48-49(41)52-43-21-6-10-25-47(43)54(48)45-23-8-4-16-38(45)39-17-5-9-24-46(39)54/h1-35H;1-31H. The van der Waals surface area contributed by atoms with Gasteiger partial charge in [-0.25, -0.2) is 0 Å². The Labute approximate surface area is 653 Å². The molecule has 5 nitrogen and oxygen atoms in total. The van der Waals surface area contributed by atoms with Crippen molar-refractivity contribution >= 4 is 167 Å². The quantitative estimate of drug-likeness (QED) is 0.112. The molecule has 4 aliphatic heterocycles. The van der Waals surface area contributed by atoms with Gasteiger partial charge in [0.1, 0.15) is 22.7 Å². The van der Waals surface area contributed by atoms with E-state index in [1.165, 1.54) is 122 Å². The summed E-state index contributed by atoms with van der Waals surface area (Å²) < 4.78 is 23.5. The lowest BCUT2D eigenvalue weighted by molar-refractivity contribution is 0.488. The predicted molar refractivity (Wildman–Crippen MR) is 474 cm³/mol. The van der Waals surface area contributed by atoms with Gasteiger partial charge in [0.05, 0.1) is 32.8 Å². The van der Waals surface area contributed by atoms with E-state index in [0.29, 0.717) is 0 Å². The van der Waals surface area contributed by atoms with Gasteiger partial charge in [-0.05, 0) is 186 Å². The zero-order valence-corrected chi connectivity index (χ0v) is 63.4. The summed E-state index contributed by atoms with van der Waals surface area (Å²) in [7, 11) is -5.60. The number of hydrogen-bond acceptors (Lipinski definition) is 6. The lowest BCUT2D eigenvalue weighted by Gasteiger charge is -2.39. The highest BCUT2D eigenvalue weighted by atomic mass is 32.1. The lowest BCUT2D eigenvalue weighted by Crippen LogP contribution is -2.74. The summed E-state index contributed by atoms with van der Waals surface area (Å²) in [6.45, 7) is 0. The molecule has 0 unspecified atom stereocenters. The van der Waals surface area contributed by atoms with Gasteiger partial charge < -0.3 is 23.7 Å². The maximum absolute atomic E-state index is 7.26. The Morgan fingerprint density at radius 1 is 0.241 bits per heavy atom. The molecule has 4 aliphatic rings. The number of rotatable bonds is 8. The van der Waals surface area contributed by atoms with Crippen LogP contribution in [0.5, 0.6) is 23.0 Å². The molecule has 8 heteroatoms. The van der Waals surface area contributed by atoms with Crippen molar-refractivity contribution in [1.29, 1.82) is 0 Å². The van der Waals surface area contributed by atoms with E-state index in [2.05, 4.69) is 404 Å². The minimum atomic E-state index is -2.82. The fourth-order valence-electron chi connectivity index (χ4n) is 19.2. The summed E-state index contributed by atoms with van der Waals surface area (Å²) >= 11 is 1.86. The largest absolute Gasteiger partial charge is 0.456 e. The van der Waals surface area contributed by atoms with Gasteiger partial charge in [-0.1, -0.05) is 322 Å². The monoisotopic (exact) mass is 1480 g/mol. The van der Waals surface area contributed by atoms with Crippen molar-refractivity contribution < 1.29 is 13.9 Å². The van der Waals surface area contributed by atoms with Gasteiger partial charge in [0, 0.05) is 32.2 Å². The highest BCUT2D eigenvalue weighted by Crippen LogP contribution is 2.52. The minimum Gasteiger partial charge on any atom is -0.456 e. The van der Waals surface area contributed by atoms with Crippen molar-refractivity contribution in [3.8, 4) is 67.5 Å². The molecule has 18 aromatic carbocycles. The van der Waals surface area contributed by atoms with E-state index in [4.69, 9.17) is 13.9 Å². The Morgan fingerprint density at radius 3 is 1.25 bits per heavy atom. The van der Waals surface area contributed by atoms with Crippen molar-refractivity contribution in [3.63, 3.8) is 0 Å². The van der Waals surface area contributed by atoms with E-state index in [1.54, 1.807) is 0 Å². The Kier molecular flexibility index (Phi) is 14.5. The minimum absolute atomic E-state index is 0.847. The third-order valence-corrected chi connectivity index (χ3v) is 34.9. The predicted octanol–water partition coefficient (Wildman–Crippen LogP) is 23.1. The summed E-state index contributed by atoms with van der Waals surface area (Å²) in [5, 5.41) is 20.5. The normalized spacial score (nSPS) is 13.3. The van der Waals surface area contributed by atoms with Gasteiger partial charge in [0.2, 0.25) is 0 Å². The average Bonchev–Trinajstić information content (AvgIpc) is 1.48. The van der Waals surface area contributed by atoms with Crippen LogP contribution in [-0.4, -0.2) is 16.1 Å². The van der Waals surface area contributed by atoms with Gasteiger partial charge in [0.25, 0.3) is 0 Å². The molecule has 0 fully saturated rings. The first-order valence-corrected chi connectivity index (χ1v) is 43.2. The number of furan rings is 1. The maximum atomic E-state index is 7.26. The van der Waals surface area contributed by atoms with Crippen molar-refractivity contribution in [2.45, 2.75) is 0 Å². The van der Waals surface area contributed by atoms with Crippen molar-refractivity contribution in [1.82, 2.24) is 0 Å². The summed E-state index contributed by atoms with van der Waals surface area (Å²) in [4.78, 5) is 4.85. The fraction of sp³-hybridized carbons (Fsp3) is 0. The molecule has 0 radical (unpaired) electrons. The van der Waals surface area contributed by atoms with Crippen LogP contribution in [0.2, 0.25) is 0 Å². The van der Waals surface area contributed by atoms with Gasteiger partial charge in [-0.15, -0.1) is 11.3 Å². The second kappa shape index (κ2) is 25.4. The zero-order chi connectivity index (χ0) is 73.6. The molecule has 112 heavy (non-hydrogen) atoms. The van der Waals surface area contributed by atoms with Crippen LogP contribution in [0.1, 0.15) is 0 Å². The van der Waals surface area contributed by atoms with E-state index in [9.17, 15) is 0 Å². The van der Waals surface area contributed by atoms with E-state index in [0.717, 1.165) is 84.6 Å². The second-order valence-electron chi connectivity index (χ2n) is 29.5. The number of fused-ring (bicyclic) bond motifs is 27. The molecule has 24 rings (SSSR count). The van der Waals surface area contributed by atoms with Crippen LogP contribution in [0.15, 0.2) is 405 Å². The van der Waals surface area contributed by atoms with Gasteiger partial charge >= 0.3 is 0 Å². The fourth-order valence-corrected chi connectivity index (χ4v) is 31.2. The Hall–Kier alpha value is -13.9. The molecular formula is C104H66N2O3SSi2. The summed E-state index contributed by atoms with van der Waals surface area (Å²) in [6, 6.07) is 146. The van der Waals surface area contributed by atoms with E-state index in [-0.39, 0.29) is 0 Å².